The number of nitrogen functional groups attached to an aromatic ring is 1. The molecule has 6 nitrogen and oxygen atoms in total. The Kier molecular flexibility index (Phi) is 5.86. The maximum atomic E-state index is 12.3. The van der Waals surface area contributed by atoms with Crippen molar-refractivity contribution in [2.24, 2.45) is 5.73 Å². The summed E-state index contributed by atoms with van der Waals surface area (Å²) in [6.45, 7) is 0. The van der Waals surface area contributed by atoms with Gasteiger partial charge in [0.25, 0.3) is 0 Å². The Morgan fingerprint density at radius 2 is 1.89 bits per heavy atom. The average Bonchev–Trinajstić information content (AvgIpc) is 2.65. The van der Waals surface area contributed by atoms with E-state index in [-0.39, 0.29) is 30.2 Å². The van der Waals surface area contributed by atoms with Crippen LogP contribution < -0.4 is 15.8 Å². The monoisotopic (exact) mass is 365 g/mol. The number of benzene rings is 2. The molecule has 1 unspecified atom stereocenters. The molecule has 0 spiro atoms. The normalized spacial score (nSPS) is 15.6. The van der Waals surface area contributed by atoms with E-state index in [4.69, 9.17) is 15.9 Å². The predicted molar refractivity (Wildman–Crippen MR) is 103 cm³/mol. The number of unbranched alkanes of at least 4 members (excludes halogenated alkanes) is 1. The third-order valence-electron chi connectivity index (χ3n) is 4.61. The lowest BCUT2D eigenvalue weighted by atomic mass is 9.99. The van der Waals surface area contributed by atoms with Gasteiger partial charge < -0.3 is 15.8 Å². The number of nitrogens with one attached hydrogen (secondary N) is 2. The van der Waals surface area contributed by atoms with Crippen molar-refractivity contribution in [2.45, 2.75) is 38.1 Å². The lowest BCUT2D eigenvalue weighted by Crippen LogP contribution is -2.34. The molecule has 1 atom stereocenters. The van der Waals surface area contributed by atoms with Gasteiger partial charge in [-0.1, -0.05) is 42.5 Å². The van der Waals surface area contributed by atoms with E-state index in [0.717, 1.165) is 30.4 Å². The summed E-state index contributed by atoms with van der Waals surface area (Å²) in [6.07, 6.45) is 3.09. The van der Waals surface area contributed by atoms with Crippen molar-refractivity contribution < 1.29 is 14.3 Å². The molecule has 1 amide bonds. The number of hydrogen-bond acceptors (Lipinski definition) is 4. The highest BCUT2D eigenvalue weighted by Gasteiger charge is 2.27. The van der Waals surface area contributed by atoms with Crippen LogP contribution in [0.25, 0.3) is 0 Å². The molecular formula is C21H23N3O3. The quantitative estimate of drug-likeness (QED) is 0.231. The Labute approximate surface area is 158 Å². The van der Waals surface area contributed by atoms with Gasteiger partial charge in [-0.2, -0.15) is 0 Å². The Hall–Kier alpha value is -3.15. The summed E-state index contributed by atoms with van der Waals surface area (Å²) in [4.78, 5) is 24.0. The fraction of sp³-hybridized carbons (Fsp3) is 0.286. The number of amides is 1. The molecule has 0 saturated heterocycles. The number of ether oxygens (including phenoxy) is 1. The number of carbonyl (C=O) groups excluding carboxylic acids is 2. The first kappa shape index (κ1) is 18.6. The molecule has 0 fully saturated rings. The first-order chi connectivity index (χ1) is 13.0. The van der Waals surface area contributed by atoms with Crippen LogP contribution in [-0.4, -0.2) is 17.7 Å². The second-order valence-electron chi connectivity index (χ2n) is 6.65. The summed E-state index contributed by atoms with van der Waals surface area (Å²) in [6, 6.07) is 14.6. The second kappa shape index (κ2) is 8.49. The predicted octanol–water partition coefficient (Wildman–Crippen LogP) is 2.85. The maximum absolute atomic E-state index is 12.3. The molecule has 2 aromatic carbocycles. The summed E-state index contributed by atoms with van der Waals surface area (Å²) >= 11 is 0. The second-order valence-corrected chi connectivity index (χ2v) is 6.65. The molecule has 0 saturated carbocycles. The Morgan fingerprint density at radius 3 is 2.63 bits per heavy atom. The third-order valence-corrected chi connectivity index (χ3v) is 4.61. The number of nitrogens with two attached hydrogens (primary N) is 1. The molecule has 1 aliphatic heterocycles. The number of esters is 1. The van der Waals surface area contributed by atoms with Crippen LogP contribution in [0.5, 0.6) is 5.75 Å². The zero-order valence-electron chi connectivity index (χ0n) is 15.0. The lowest BCUT2D eigenvalue weighted by molar-refractivity contribution is -0.136. The summed E-state index contributed by atoms with van der Waals surface area (Å²) in [7, 11) is 0. The van der Waals surface area contributed by atoms with Crippen LogP contribution in [0, 0.1) is 5.41 Å². The number of amidine groups is 1. The molecule has 1 heterocycles. The topological polar surface area (TPSA) is 105 Å². The molecular weight excluding hydrogens is 342 g/mol. The van der Waals surface area contributed by atoms with Gasteiger partial charge in [-0.3, -0.25) is 15.0 Å². The van der Waals surface area contributed by atoms with Crippen molar-refractivity contribution in [1.29, 1.82) is 5.41 Å². The number of fused-ring (bicyclic) bond motifs is 1. The van der Waals surface area contributed by atoms with Crippen LogP contribution in [0.4, 0.5) is 0 Å². The fourth-order valence-electron chi connectivity index (χ4n) is 3.16. The molecule has 140 valence electrons. The van der Waals surface area contributed by atoms with E-state index >= 15 is 0 Å². The fourth-order valence-corrected chi connectivity index (χ4v) is 3.16. The number of aryl methyl sites for hydroxylation is 1. The summed E-state index contributed by atoms with van der Waals surface area (Å²) < 4.78 is 5.20. The molecule has 2 aromatic rings. The molecule has 1 aliphatic rings. The zero-order valence-corrected chi connectivity index (χ0v) is 15.0. The van der Waals surface area contributed by atoms with E-state index in [0.29, 0.717) is 17.7 Å². The largest absolute Gasteiger partial charge is 0.426 e. The van der Waals surface area contributed by atoms with Gasteiger partial charge in [0.05, 0.1) is 12.5 Å². The van der Waals surface area contributed by atoms with Gasteiger partial charge in [0.2, 0.25) is 5.91 Å². The Bertz CT molecular complexity index is 846. The van der Waals surface area contributed by atoms with Gasteiger partial charge in [0.1, 0.15) is 11.6 Å². The van der Waals surface area contributed by atoms with Crippen molar-refractivity contribution in [3.8, 4) is 5.75 Å². The highest BCUT2D eigenvalue weighted by atomic mass is 16.5. The minimum atomic E-state index is -0.326. The standard InChI is InChI=1S/C21H23N3O3/c22-21(23)15-11-9-14(10-12-15)5-1-4-8-19(25)24-17-13-20(26)27-18-7-3-2-6-16(17)18/h2-3,6-7,9-12,17H,1,4-5,8,13H2,(H3,22,23)(H,24,25). The molecule has 27 heavy (non-hydrogen) atoms. The zero-order chi connectivity index (χ0) is 19.2. The SMILES string of the molecule is N=C(N)c1ccc(CCCCC(=O)NC2CC(=O)Oc3ccccc32)cc1. The van der Waals surface area contributed by atoms with E-state index in [1.54, 1.807) is 12.1 Å². The average molecular weight is 365 g/mol. The van der Waals surface area contributed by atoms with E-state index < -0.39 is 0 Å². The highest BCUT2D eigenvalue weighted by Crippen LogP contribution is 2.32. The van der Waals surface area contributed by atoms with E-state index in [9.17, 15) is 9.59 Å². The van der Waals surface area contributed by atoms with Crippen LogP contribution in [0.15, 0.2) is 48.5 Å². The number of para-hydroxylation sites is 1. The summed E-state index contributed by atoms with van der Waals surface area (Å²) in [5.74, 6) is 0.198. The minimum absolute atomic E-state index is 0.0589. The summed E-state index contributed by atoms with van der Waals surface area (Å²) in [5.41, 5.74) is 8.16. The van der Waals surface area contributed by atoms with Crippen molar-refractivity contribution in [3.63, 3.8) is 0 Å². The minimum Gasteiger partial charge on any atom is -0.426 e. The van der Waals surface area contributed by atoms with Gasteiger partial charge in [0.15, 0.2) is 0 Å². The van der Waals surface area contributed by atoms with Crippen molar-refractivity contribution in [2.75, 3.05) is 0 Å². The number of carbonyl (C=O) groups is 2. The van der Waals surface area contributed by atoms with Gasteiger partial charge in [-0.25, -0.2) is 0 Å². The number of hydrogen-bond donors (Lipinski definition) is 3. The van der Waals surface area contributed by atoms with Crippen molar-refractivity contribution in [1.82, 2.24) is 5.32 Å². The van der Waals surface area contributed by atoms with Crippen LogP contribution in [-0.2, 0) is 16.0 Å². The highest BCUT2D eigenvalue weighted by molar-refractivity contribution is 5.94. The van der Waals surface area contributed by atoms with Crippen molar-refractivity contribution >= 4 is 17.7 Å². The van der Waals surface area contributed by atoms with Gasteiger partial charge >= 0.3 is 5.97 Å². The molecule has 0 radical (unpaired) electrons. The first-order valence-electron chi connectivity index (χ1n) is 9.05. The first-order valence-corrected chi connectivity index (χ1v) is 9.05. The van der Waals surface area contributed by atoms with Crippen LogP contribution in [0.3, 0.4) is 0 Å². The molecule has 0 aliphatic carbocycles. The molecule has 0 aromatic heterocycles. The van der Waals surface area contributed by atoms with Gasteiger partial charge in [0, 0.05) is 17.5 Å². The van der Waals surface area contributed by atoms with Crippen LogP contribution in [0.2, 0.25) is 0 Å². The lowest BCUT2D eigenvalue weighted by Gasteiger charge is -2.25. The van der Waals surface area contributed by atoms with Crippen LogP contribution >= 0.6 is 0 Å². The molecule has 4 N–H and O–H groups in total. The Balaban J connectivity index is 1.45. The summed E-state index contributed by atoms with van der Waals surface area (Å²) in [5, 5.41) is 10.3. The van der Waals surface area contributed by atoms with E-state index in [1.807, 2.05) is 36.4 Å². The molecule has 3 rings (SSSR count). The number of rotatable bonds is 7. The maximum Gasteiger partial charge on any atom is 0.313 e. The molecule has 0 bridgehead atoms. The van der Waals surface area contributed by atoms with Gasteiger partial charge in [-0.05, 0) is 30.9 Å². The third kappa shape index (κ3) is 4.94. The van der Waals surface area contributed by atoms with Gasteiger partial charge in [-0.15, -0.1) is 0 Å². The Morgan fingerprint density at radius 1 is 1.15 bits per heavy atom. The van der Waals surface area contributed by atoms with Crippen molar-refractivity contribution in [3.05, 3.63) is 65.2 Å². The smallest absolute Gasteiger partial charge is 0.313 e. The van der Waals surface area contributed by atoms with E-state index in [2.05, 4.69) is 5.32 Å². The van der Waals surface area contributed by atoms with E-state index in [1.165, 1.54) is 0 Å². The molecule has 6 heteroatoms. The van der Waals surface area contributed by atoms with Crippen LogP contribution in [0.1, 0.15) is 48.4 Å².